The quantitative estimate of drug-likeness (QED) is 0.648. The highest BCUT2D eigenvalue weighted by Gasteiger charge is 2.64. The average Bonchev–Trinajstić information content (AvgIpc) is 2.57. The molecule has 2 heterocycles. The van der Waals surface area contributed by atoms with E-state index in [2.05, 4.69) is 0 Å². The second-order valence-corrected chi connectivity index (χ2v) is 5.29. The van der Waals surface area contributed by atoms with E-state index in [0.29, 0.717) is 12.8 Å². The maximum atomic E-state index is 11.4. The van der Waals surface area contributed by atoms with E-state index in [1.54, 1.807) is 13.8 Å². The minimum absolute atomic E-state index is 0.0660. The SMILES string of the molecule is CC1(C)O[C@H]2O[C@H]3CCC(=O)C[C@]3(O)[C@@H]2O1. The Bertz CT molecular complexity index is 339. The molecule has 0 aromatic heterocycles. The fraction of sp³-hybridized carbons (Fsp3) is 0.909. The van der Waals surface area contributed by atoms with Crippen molar-refractivity contribution in [2.45, 2.75) is 63.0 Å². The number of hydrogen-bond donors (Lipinski definition) is 1. The summed E-state index contributed by atoms with van der Waals surface area (Å²) in [5.74, 6) is -0.687. The van der Waals surface area contributed by atoms with Gasteiger partial charge in [-0.2, -0.15) is 0 Å². The molecule has 0 unspecified atom stereocenters. The van der Waals surface area contributed by atoms with Gasteiger partial charge in [-0.15, -0.1) is 0 Å². The Hall–Kier alpha value is -0.490. The summed E-state index contributed by atoms with van der Waals surface area (Å²) in [5.41, 5.74) is -1.20. The summed E-state index contributed by atoms with van der Waals surface area (Å²) in [5, 5.41) is 10.5. The first kappa shape index (κ1) is 10.7. The van der Waals surface area contributed by atoms with Gasteiger partial charge in [-0.3, -0.25) is 4.79 Å². The van der Waals surface area contributed by atoms with Gasteiger partial charge in [-0.25, -0.2) is 0 Å². The lowest BCUT2D eigenvalue weighted by molar-refractivity contribution is -0.233. The monoisotopic (exact) mass is 228 g/mol. The zero-order chi connectivity index (χ0) is 11.6. The van der Waals surface area contributed by atoms with Gasteiger partial charge in [-0.1, -0.05) is 0 Å². The molecule has 1 aliphatic carbocycles. The van der Waals surface area contributed by atoms with Crippen molar-refractivity contribution < 1.29 is 24.1 Å². The van der Waals surface area contributed by atoms with Crippen LogP contribution in [0.15, 0.2) is 0 Å². The largest absolute Gasteiger partial charge is 0.384 e. The Kier molecular flexibility index (Phi) is 2.02. The molecule has 5 heteroatoms. The number of ether oxygens (including phenoxy) is 3. The van der Waals surface area contributed by atoms with Crippen LogP contribution in [-0.4, -0.2) is 40.8 Å². The van der Waals surface area contributed by atoms with Crippen molar-refractivity contribution >= 4 is 5.78 Å². The number of hydrogen-bond acceptors (Lipinski definition) is 5. The van der Waals surface area contributed by atoms with E-state index in [1.165, 1.54) is 0 Å². The minimum Gasteiger partial charge on any atom is -0.384 e. The first-order chi connectivity index (χ1) is 7.41. The van der Waals surface area contributed by atoms with Crippen LogP contribution < -0.4 is 0 Å². The summed E-state index contributed by atoms with van der Waals surface area (Å²) in [6.07, 6.45) is -0.298. The van der Waals surface area contributed by atoms with Crippen molar-refractivity contribution in [1.29, 1.82) is 0 Å². The molecule has 0 aromatic rings. The van der Waals surface area contributed by atoms with Crippen LogP contribution >= 0.6 is 0 Å². The Balaban J connectivity index is 1.89. The van der Waals surface area contributed by atoms with E-state index in [0.717, 1.165) is 0 Å². The van der Waals surface area contributed by atoms with Crippen LogP contribution in [0.5, 0.6) is 0 Å². The number of carbonyl (C=O) groups is 1. The van der Waals surface area contributed by atoms with E-state index >= 15 is 0 Å². The van der Waals surface area contributed by atoms with Crippen molar-refractivity contribution in [2.24, 2.45) is 0 Å². The van der Waals surface area contributed by atoms with E-state index in [4.69, 9.17) is 14.2 Å². The van der Waals surface area contributed by atoms with Crippen LogP contribution in [0.1, 0.15) is 33.1 Å². The van der Waals surface area contributed by atoms with Crippen molar-refractivity contribution in [3.63, 3.8) is 0 Å². The van der Waals surface area contributed by atoms with Crippen LogP contribution in [0, 0.1) is 0 Å². The van der Waals surface area contributed by atoms with Crippen LogP contribution in [0.2, 0.25) is 0 Å². The highest BCUT2D eigenvalue weighted by molar-refractivity contribution is 5.81. The lowest BCUT2D eigenvalue weighted by atomic mass is 9.79. The van der Waals surface area contributed by atoms with Gasteiger partial charge in [0.05, 0.1) is 6.10 Å². The van der Waals surface area contributed by atoms with Crippen molar-refractivity contribution in [3.8, 4) is 0 Å². The highest BCUT2D eigenvalue weighted by atomic mass is 16.8. The molecule has 5 nitrogen and oxygen atoms in total. The smallest absolute Gasteiger partial charge is 0.190 e. The van der Waals surface area contributed by atoms with Gasteiger partial charge in [-0.05, 0) is 20.3 Å². The molecule has 2 saturated heterocycles. The van der Waals surface area contributed by atoms with Gasteiger partial charge < -0.3 is 19.3 Å². The molecule has 90 valence electrons. The van der Waals surface area contributed by atoms with E-state index in [1.807, 2.05) is 0 Å². The Morgan fingerprint density at radius 1 is 1.38 bits per heavy atom. The summed E-state index contributed by atoms with van der Waals surface area (Å²) in [7, 11) is 0. The second kappa shape index (κ2) is 3.04. The molecule has 3 aliphatic rings. The van der Waals surface area contributed by atoms with Crippen molar-refractivity contribution in [2.75, 3.05) is 0 Å². The molecule has 4 atom stereocenters. The number of rotatable bonds is 0. The first-order valence-corrected chi connectivity index (χ1v) is 5.66. The van der Waals surface area contributed by atoms with Crippen LogP contribution in [0.25, 0.3) is 0 Å². The lowest BCUT2D eigenvalue weighted by Crippen LogP contribution is -2.52. The van der Waals surface area contributed by atoms with Gasteiger partial charge in [0.15, 0.2) is 12.1 Å². The third-order valence-electron chi connectivity index (χ3n) is 3.57. The van der Waals surface area contributed by atoms with Gasteiger partial charge in [0.2, 0.25) is 0 Å². The fourth-order valence-electron chi connectivity index (χ4n) is 2.86. The molecule has 0 bridgehead atoms. The zero-order valence-electron chi connectivity index (χ0n) is 9.43. The molecule has 2 aliphatic heterocycles. The predicted octanol–water partition coefficient (Wildman–Crippen LogP) is 0.347. The normalized spacial score (nSPS) is 50.2. The number of ketones is 1. The molecule has 3 fully saturated rings. The van der Waals surface area contributed by atoms with Gasteiger partial charge >= 0.3 is 0 Å². The summed E-state index contributed by atoms with van der Waals surface area (Å²) in [4.78, 5) is 11.4. The molecule has 16 heavy (non-hydrogen) atoms. The maximum absolute atomic E-state index is 11.4. The molecule has 3 rings (SSSR count). The summed E-state index contributed by atoms with van der Waals surface area (Å²) < 4.78 is 16.8. The van der Waals surface area contributed by atoms with Gasteiger partial charge in [0.1, 0.15) is 17.5 Å². The molecule has 0 spiro atoms. The zero-order valence-corrected chi connectivity index (χ0v) is 9.43. The summed E-state index contributed by atoms with van der Waals surface area (Å²) in [6, 6.07) is 0. The fourth-order valence-corrected chi connectivity index (χ4v) is 2.86. The third kappa shape index (κ3) is 1.35. The van der Waals surface area contributed by atoms with Crippen molar-refractivity contribution in [1.82, 2.24) is 0 Å². The Morgan fingerprint density at radius 3 is 2.88 bits per heavy atom. The summed E-state index contributed by atoms with van der Waals surface area (Å²) >= 11 is 0. The molecule has 0 amide bonds. The van der Waals surface area contributed by atoms with Crippen LogP contribution in [0.4, 0.5) is 0 Å². The van der Waals surface area contributed by atoms with Gasteiger partial charge in [0, 0.05) is 12.8 Å². The molecule has 1 N–H and O–H groups in total. The molecular formula is C11H16O5. The number of fused-ring (bicyclic) bond motifs is 3. The molecule has 0 aromatic carbocycles. The lowest BCUT2D eigenvalue weighted by Gasteiger charge is -2.36. The minimum atomic E-state index is -1.20. The standard InChI is InChI=1S/C11H16O5/c1-10(2)15-8-9(16-10)14-7-4-3-6(12)5-11(7,8)13/h7-9,13H,3-5H2,1-2H3/t7-,8+,9+,11+/m0/s1. The van der Waals surface area contributed by atoms with Crippen LogP contribution in [0.3, 0.4) is 0 Å². The second-order valence-electron chi connectivity index (χ2n) is 5.29. The van der Waals surface area contributed by atoms with E-state index in [9.17, 15) is 9.90 Å². The van der Waals surface area contributed by atoms with E-state index < -0.39 is 23.8 Å². The number of aliphatic hydroxyl groups is 1. The molecule has 0 radical (unpaired) electrons. The Morgan fingerprint density at radius 2 is 2.12 bits per heavy atom. The topological polar surface area (TPSA) is 65.0 Å². The first-order valence-electron chi connectivity index (χ1n) is 5.66. The van der Waals surface area contributed by atoms with Crippen molar-refractivity contribution in [3.05, 3.63) is 0 Å². The average molecular weight is 228 g/mol. The number of carbonyl (C=O) groups excluding carboxylic acids is 1. The predicted molar refractivity (Wildman–Crippen MR) is 52.5 cm³/mol. The van der Waals surface area contributed by atoms with E-state index in [-0.39, 0.29) is 18.3 Å². The highest BCUT2D eigenvalue weighted by Crippen LogP contribution is 2.47. The van der Waals surface area contributed by atoms with Crippen LogP contribution in [-0.2, 0) is 19.0 Å². The van der Waals surface area contributed by atoms with Gasteiger partial charge in [0.25, 0.3) is 0 Å². The summed E-state index contributed by atoms with van der Waals surface area (Å²) in [6.45, 7) is 3.55. The number of Topliss-reactive ketones (excluding diaryl/α,β-unsaturated/α-hetero) is 1. The molecular weight excluding hydrogens is 212 g/mol. The molecule has 1 saturated carbocycles. The third-order valence-corrected chi connectivity index (χ3v) is 3.57. The Labute approximate surface area is 93.7 Å². The maximum Gasteiger partial charge on any atom is 0.190 e.